The number of carbonyl (C=O) groups is 5. The zero-order chi connectivity index (χ0) is 20.4. The number of amides is 4. The van der Waals surface area contributed by atoms with E-state index in [9.17, 15) is 24.0 Å². The molecule has 0 radical (unpaired) electrons. The van der Waals surface area contributed by atoms with Gasteiger partial charge in [0, 0.05) is 6.54 Å². The molecule has 9 nitrogen and oxygen atoms in total. The number of rotatable bonds is 6. The van der Waals surface area contributed by atoms with E-state index in [4.69, 9.17) is 4.74 Å². The van der Waals surface area contributed by atoms with Crippen molar-refractivity contribution in [1.82, 2.24) is 9.80 Å². The van der Waals surface area contributed by atoms with E-state index < -0.39 is 30.5 Å². The molecule has 2 heterocycles. The molecule has 0 N–H and O–H groups in total. The number of esters is 1. The van der Waals surface area contributed by atoms with Gasteiger partial charge in [-0.25, -0.2) is 14.5 Å². The SMILES string of the molecule is CC(C)CCN1C(=O)c2ccc(C(=O)OCC(=O)N3CCOC3=O)cc2C1=O. The molecule has 3 rings (SSSR count). The summed E-state index contributed by atoms with van der Waals surface area (Å²) in [6.45, 7) is 3.89. The molecule has 9 heteroatoms. The van der Waals surface area contributed by atoms with Crippen LogP contribution in [0.2, 0.25) is 0 Å². The van der Waals surface area contributed by atoms with Gasteiger partial charge in [0.2, 0.25) is 0 Å². The van der Waals surface area contributed by atoms with Gasteiger partial charge in [-0.15, -0.1) is 0 Å². The van der Waals surface area contributed by atoms with Crippen molar-refractivity contribution in [2.75, 3.05) is 26.3 Å². The summed E-state index contributed by atoms with van der Waals surface area (Å²) in [5.74, 6) is -2.03. The van der Waals surface area contributed by atoms with Crippen molar-refractivity contribution in [3.05, 3.63) is 34.9 Å². The van der Waals surface area contributed by atoms with Crippen LogP contribution < -0.4 is 0 Å². The number of carbonyl (C=O) groups excluding carboxylic acids is 5. The number of fused-ring (bicyclic) bond motifs is 1. The van der Waals surface area contributed by atoms with Gasteiger partial charge in [-0.05, 0) is 30.5 Å². The molecule has 0 saturated carbocycles. The fourth-order valence-corrected chi connectivity index (χ4v) is 2.92. The Morgan fingerprint density at radius 1 is 1.14 bits per heavy atom. The largest absolute Gasteiger partial charge is 0.452 e. The third kappa shape index (κ3) is 3.73. The summed E-state index contributed by atoms with van der Waals surface area (Å²) < 4.78 is 9.58. The van der Waals surface area contributed by atoms with Crippen LogP contribution in [0.5, 0.6) is 0 Å². The summed E-state index contributed by atoms with van der Waals surface area (Å²) in [6, 6.07) is 4.07. The third-order valence-corrected chi connectivity index (χ3v) is 4.53. The standard InChI is InChI=1S/C19H20N2O7/c1-11(2)5-6-21-16(23)13-4-3-12(9-14(13)17(21)24)18(25)28-10-15(22)20-7-8-27-19(20)26/h3-4,9,11H,5-8,10H2,1-2H3. The average molecular weight is 388 g/mol. The Morgan fingerprint density at radius 2 is 1.86 bits per heavy atom. The molecule has 0 aliphatic carbocycles. The number of cyclic esters (lactones) is 1. The molecule has 0 spiro atoms. The van der Waals surface area contributed by atoms with Gasteiger partial charge in [-0.1, -0.05) is 13.8 Å². The van der Waals surface area contributed by atoms with Crippen molar-refractivity contribution in [2.45, 2.75) is 20.3 Å². The summed E-state index contributed by atoms with van der Waals surface area (Å²) in [5, 5.41) is 0. The van der Waals surface area contributed by atoms with Gasteiger partial charge in [0.05, 0.1) is 23.2 Å². The van der Waals surface area contributed by atoms with E-state index in [-0.39, 0.29) is 35.7 Å². The molecule has 0 bridgehead atoms. The van der Waals surface area contributed by atoms with E-state index in [1.54, 1.807) is 0 Å². The van der Waals surface area contributed by atoms with Gasteiger partial charge in [-0.3, -0.25) is 19.3 Å². The number of hydrogen-bond donors (Lipinski definition) is 0. The average Bonchev–Trinajstić information content (AvgIpc) is 3.19. The van der Waals surface area contributed by atoms with Crippen LogP contribution in [0.1, 0.15) is 51.3 Å². The van der Waals surface area contributed by atoms with Gasteiger partial charge in [0.1, 0.15) is 6.61 Å². The summed E-state index contributed by atoms with van der Waals surface area (Å²) >= 11 is 0. The van der Waals surface area contributed by atoms with Crippen molar-refractivity contribution in [2.24, 2.45) is 5.92 Å². The van der Waals surface area contributed by atoms with Crippen molar-refractivity contribution >= 4 is 29.8 Å². The Labute approximate surface area is 161 Å². The first-order valence-corrected chi connectivity index (χ1v) is 8.94. The lowest BCUT2D eigenvalue weighted by molar-refractivity contribution is -0.131. The highest BCUT2D eigenvalue weighted by atomic mass is 16.6. The van der Waals surface area contributed by atoms with Crippen LogP contribution in [0.3, 0.4) is 0 Å². The monoisotopic (exact) mass is 388 g/mol. The Balaban J connectivity index is 1.66. The zero-order valence-electron chi connectivity index (χ0n) is 15.6. The molecule has 0 atom stereocenters. The van der Waals surface area contributed by atoms with Crippen LogP contribution in [-0.2, 0) is 14.3 Å². The number of ether oxygens (including phenoxy) is 2. The van der Waals surface area contributed by atoms with Crippen LogP contribution in [-0.4, -0.2) is 65.9 Å². The molecular weight excluding hydrogens is 368 g/mol. The molecule has 1 saturated heterocycles. The Hall–Kier alpha value is -3.23. The van der Waals surface area contributed by atoms with E-state index in [0.717, 1.165) is 4.90 Å². The fourth-order valence-electron chi connectivity index (χ4n) is 2.92. The minimum atomic E-state index is -0.829. The quantitative estimate of drug-likeness (QED) is 0.536. The highest BCUT2D eigenvalue weighted by Crippen LogP contribution is 2.25. The first-order chi connectivity index (χ1) is 13.3. The summed E-state index contributed by atoms with van der Waals surface area (Å²) in [6.07, 6.45) is -0.0920. The third-order valence-electron chi connectivity index (χ3n) is 4.53. The molecular formula is C19H20N2O7. The number of imide groups is 2. The first-order valence-electron chi connectivity index (χ1n) is 8.94. The number of nitrogens with zero attached hydrogens (tertiary/aromatic N) is 2. The zero-order valence-corrected chi connectivity index (χ0v) is 15.6. The fraction of sp³-hybridized carbons (Fsp3) is 0.421. The normalized spacial score (nSPS) is 15.9. The second kappa shape index (κ2) is 7.79. The minimum absolute atomic E-state index is 0.0439. The van der Waals surface area contributed by atoms with E-state index in [2.05, 4.69) is 4.74 Å². The maximum absolute atomic E-state index is 12.5. The Bertz CT molecular complexity index is 862. The molecule has 28 heavy (non-hydrogen) atoms. The molecule has 1 aromatic carbocycles. The van der Waals surface area contributed by atoms with Crippen molar-refractivity contribution in [1.29, 1.82) is 0 Å². The maximum atomic E-state index is 12.5. The van der Waals surface area contributed by atoms with Crippen molar-refractivity contribution in [3.8, 4) is 0 Å². The molecule has 2 aliphatic rings. The smallest absolute Gasteiger partial charge is 0.416 e. The van der Waals surface area contributed by atoms with Crippen molar-refractivity contribution in [3.63, 3.8) is 0 Å². The Morgan fingerprint density at radius 3 is 2.50 bits per heavy atom. The highest BCUT2D eigenvalue weighted by molar-refractivity contribution is 6.22. The lowest BCUT2D eigenvalue weighted by atomic mass is 10.1. The molecule has 2 aliphatic heterocycles. The maximum Gasteiger partial charge on any atom is 0.416 e. The summed E-state index contributed by atoms with van der Waals surface area (Å²) in [7, 11) is 0. The van der Waals surface area contributed by atoms with E-state index in [1.165, 1.54) is 23.1 Å². The lowest BCUT2D eigenvalue weighted by Gasteiger charge is -2.14. The second-order valence-electron chi connectivity index (χ2n) is 6.94. The van der Waals surface area contributed by atoms with Crippen LogP contribution in [0.4, 0.5) is 4.79 Å². The van der Waals surface area contributed by atoms with E-state index in [1.807, 2.05) is 13.8 Å². The molecule has 1 fully saturated rings. The first kappa shape index (κ1) is 19.5. The van der Waals surface area contributed by atoms with Gasteiger partial charge in [0.25, 0.3) is 17.7 Å². The van der Waals surface area contributed by atoms with E-state index in [0.29, 0.717) is 18.9 Å². The van der Waals surface area contributed by atoms with Crippen LogP contribution in [0.15, 0.2) is 18.2 Å². The molecule has 4 amide bonds. The van der Waals surface area contributed by atoms with E-state index >= 15 is 0 Å². The van der Waals surface area contributed by atoms with Crippen LogP contribution in [0, 0.1) is 5.92 Å². The van der Waals surface area contributed by atoms with Crippen LogP contribution >= 0.6 is 0 Å². The number of benzene rings is 1. The van der Waals surface area contributed by atoms with Gasteiger partial charge in [-0.2, -0.15) is 0 Å². The van der Waals surface area contributed by atoms with Crippen molar-refractivity contribution < 1.29 is 33.4 Å². The summed E-state index contributed by atoms with van der Waals surface area (Å²) in [4.78, 5) is 62.3. The van der Waals surface area contributed by atoms with Gasteiger partial charge < -0.3 is 9.47 Å². The van der Waals surface area contributed by atoms with Crippen LogP contribution in [0.25, 0.3) is 0 Å². The van der Waals surface area contributed by atoms with Gasteiger partial charge >= 0.3 is 12.1 Å². The Kier molecular flexibility index (Phi) is 5.43. The predicted octanol–water partition coefficient (Wildman–Crippen LogP) is 1.46. The van der Waals surface area contributed by atoms with Gasteiger partial charge in [0.15, 0.2) is 6.61 Å². The number of hydrogen-bond acceptors (Lipinski definition) is 7. The predicted molar refractivity (Wildman–Crippen MR) is 94.6 cm³/mol. The molecule has 1 aromatic rings. The second-order valence-corrected chi connectivity index (χ2v) is 6.94. The minimum Gasteiger partial charge on any atom is -0.452 e. The molecule has 0 aromatic heterocycles. The highest BCUT2D eigenvalue weighted by Gasteiger charge is 2.36. The molecule has 148 valence electrons. The lowest BCUT2D eigenvalue weighted by Crippen LogP contribution is -2.35. The molecule has 0 unspecified atom stereocenters. The topological polar surface area (TPSA) is 110 Å². The summed E-state index contributed by atoms with van der Waals surface area (Å²) in [5.41, 5.74) is 0.418.